The molecule has 1 saturated heterocycles. The van der Waals surface area contributed by atoms with Gasteiger partial charge in [-0.25, -0.2) is 0 Å². The summed E-state index contributed by atoms with van der Waals surface area (Å²) in [6.07, 6.45) is -0.483. The minimum absolute atomic E-state index is 0.282. The van der Waals surface area contributed by atoms with Gasteiger partial charge in [-0.2, -0.15) is 0 Å². The monoisotopic (exact) mass is 266 g/mol. The van der Waals surface area contributed by atoms with Crippen LogP contribution in [0.15, 0.2) is 24.3 Å². The van der Waals surface area contributed by atoms with Crippen LogP contribution in [-0.4, -0.2) is 62.6 Å². The van der Waals surface area contributed by atoms with Crippen molar-refractivity contribution in [1.29, 1.82) is 0 Å². The summed E-state index contributed by atoms with van der Waals surface area (Å²) in [5.74, 6) is 1.36. The molecule has 106 valence electrons. The van der Waals surface area contributed by atoms with Gasteiger partial charge >= 0.3 is 0 Å². The normalized spacial score (nSPS) is 18.0. The van der Waals surface area contributed by atoms with Gasteiger partial charge in [0.25, 0.3) is 0 Å². The van der Waals surface area contributed by atoms with Crippen molar-refractivity contribution in [2.75, 3.05) is 46.4 Å². The molecule has 1 aliphatic heterocycles. The van der Waals surface area contributed by atoms with Gasteiger partial charge in [-0.05, 0) is 12.1 Å². The van der Waals surface area contributed by atoms with Gasteiger partial charge < -0.3 is 19.9 Å². The standard InChI is InChI=1S/C14H22N2O3/c1-18-13-4-2-3-5-14(13)19-11-12(17)10-16-8-6-15-7-9-16/h2-5,12,15,17H,6-11H2,1H3/t12-/m0/s1. The second kappa shape index (κ2) is 7.33. The Bertz CT molecular complexity index is 381. The number of β-amino-alcohol motifs (C(OH)–C–C–N with tert-alkyl or cyclic N) is 1. The Kier molecular flexibility index (Phi) is 5.44. The second-order valence-electron chi connectivity index (χ2n) is 4.67. The zero-order chi connectivity index (χ0) is 13.5. The largest absolute Gasteiger partial charge is 0.493 e. The molecule has 0 saturated carbocycles. The van der Waals surface area contributed by atoms with Crippen molar-refractivity contribution in [3.05, 3.63) is 24.3 Å². The Morgan fingerprint density at radius 1 is 1.26 bits per heavy atom. The molecule has 0 aliphatic carbocycles. The average molecular weight is 266 g/mol. The first-order valence-corrected chi connectivity index (χ1v) is 6.66. The third-order valence-corrected chi connectivity index (χ3v) is 3.18. The number of hydrogen-bond donors (Lipinski definition) is 2. The van der Waals surface area contributed by atoms with Crippen LogP contribution >= 0.6 is 0 Å². The number of para-hydroxylation sites is 2. The lowest BCUT2D eigenvalue weighted by atomic mass is 10.3. The molecule has 1 atom stereocenters. The Hall–Kier alpha value is -1.30. The number of methoxy groups -OCH3 is 1. The van der Waals surface area contributed by atoms with Gasteiger partial charge in [-0.3, -0.25) is 4.90 Å². The van der Waals surface area contributed by atoms with Crippen molar-refractivity contribution >= 4 is 0 Å². The summed E-state index contributed by atoms with van der Waals surface area (Å²) < 4.78 is 10.8. The van der Waals surface area contributed by atoms with Crippen LogP contribution in [-0.2, 0) is 0 Å². The number of nitrogens with zero attached hydrogens (tertiary/aromatic N) is 1. The van der Waals surface area contributed by atoms with Crippen LogP contribution in [0.2, 0.25) is 0 Å². The Morgan fingerprint density at radius 3 is 2.63 bits per heavy atom. The molecule has 1 aliphatic rings. The molecule has 1 fully saturated rings. The van der Waals surface area contributed by atoms with Crippen LogP contribution in [0.1, 0.15) is 0 Å². The van der Waals surface area contributed by atoms with E-state index >= 15 is 0 Å². The van der Waals surface area contributed by atoms with E-state index in [1.807, 2.05) is 24.3 Å². The van der Waals surface area contributed by atoms with Crippen molar-refractivity contribution in [2.24, 2.45) is 0 Å². The predicted octanol–water partition coefficient (Wildman–Crippen LogP) is 0.340. The molecule has 5 nitrogen and oxygen atoms in total. The lowest BCUT2D eigenvalue weighted by Crippen LogP contribution is -2.47. The third kappa shape index (κ3) is 4.38. The van der Waals surface area contributed by atoms with E-state index < -0.39 is 6.10 Å². The third-order valence-electron chi connectivity index (χ3n) is 3.18. The van der Waals surface area contributed by atoms with E-state index in [4.69, 9.17) is 9.47 Å². The second-order valence-corrected chi connectivity index (χ2v) is 4.67. The summed E-state index contributed by atoms with van der Waals surface area (Å²) in [5, 5.41) is 13.3. The summed E-state index contributed by atoms with van der Waals surface area (Å²) in [5.41, 5.74) is 0. The van der Waals surface area contributed by atoms with Crippen LogP contribution in [0.3, 0.4) is 0 Å². The van der Waals surface area contributed by atoms with Gasteiger partial charge in [0, 0.05) is 32.7 Å². The molecule has 2 rings (SSSR count). The van der Waals surface area contributed by atoms with E-state index in [1.165, 1.54) is 0 Å². The SMILES string of the molecule is COc1ccccc1OC[C@@H](O)CN1CCNCC1. The molecular formula is C14H22N2O3. The van der Waals surface area contributed by atoms with E-state index in [1.54, 1.807) is 7.11 Å². The van der Waals surface area contributed by atoms with Crippen LogP contribution < -0.4 is 14.8 Å². The van der Waals surface area contributed by atoms with Crippen molar-refractivity contribution < 1.29 is 14.6 Å². The van der Waals surface area contributed by atoms with Crippen molar-refractivity contribution in [1.82, 2.24) is 10.2 Å². The molecule has 1 heterocycles. The molecule has 1 aromatic rings. The fourth-order valence-corrected chi connectivity index (χ4v) is 2.17. The molecular weight excluding hydrogens is 244 g/mol. The van der Waals surface area contributed by atoms with Crippen LogP contribution in [0.25, 0.3) is 0 Å². The Labute approximate surface area is 114 Å². The highest BCUT2D eigenvalue weighted by atomic mass is 16.5. The minimum atomic E-state index is -0.483. The number of rotatable bonds is 6. The maximum atomic E-state index is 10.00. The molecule has 0 aromatic heterocycles. The summed E-state index contributed by atoms with van der Waals surface area (Å²) in [6.45, 7) is 4.86. The lowest BCUT2D eigenvalue weighted by Gasteiger charge is -2.29. The molecule has 0 spiro atoms. The smallest absolute Gasteiger partial charge is 0.161 e. The first kappa shape index (κ1) is 14.1. The first-order chi connectivity index (χ1) is 9.29. The van der Waals surface area contributed by atoms with Crippen LogP contribution in [0.5, 0.6) is 11.5 Å². The topological polar surface area (TPSA) is 54.0 Å². The van der Waals surface area contributed by atoms with E-state index in [9.17, 15) is 5.11 Å². The summed E-state index contributed by atoms with van der Waals surface area (Å²) in [4.78, 5) is 2.24. The number of ether oxygens (including phenoxy) is 2. The zero-order valence-electron chi connectivity index (χ0n) is 11.3. The quantitative estimate of drug-likeness (QED) is 0.777. The molecule has 0 amide bonds. The van der Waals surface area contributed by atoms with Gasteiger partial charge in [0.1, 0.15) is 12.7 Å². The van der Waals surface area contributed by atoms with Crippen LogP contribution in [0, 0.1) is 0 Å². The number of aliphatic hydroxyl groups is 1. The van der Waals surface area contributed by atoms with Crippen molar-refractivity contribution in [3.63, 3.8) is 0 Å². The summed E-state index contributed by atoms with van der Waals surface area (Å²) in [7, 11) is 1.61. The molecule has 1 aromatic carbocycles. The number of aliphatic hydroxyl groups excluding tert-OH is 1. The van der Waals surface area contributed by atoms with Gasteiger partial charge in [0.15, 0.2) is 11.5 Å². The van der Waals surface area contributed by atoms with E-state index in [0.29, 0.717) is 18.0 Å². The van der Waals surface area contributed by atoms with Crippen molar-refractivity contribution in [2.45, 2.75) is 6.10 Å². The highest BCUT2D eigenvalue weighted by molar-refractivity contribution is 5.39. The van der Waals surface area contributed by atoms with Gasteiger partial charge in [0.05, 0.1) is 7.11 Å². The zero-order valence-corrected chi connectivity index (χ0v) is 11.3. The minimum Gasteiger partial charge on any atom is -0.493 e. The predicted molar refractivity (Wildman–Crippen MR) is 73.8 cm³/mol. The first-order valence-electron chi connectivity index (χ1n) is 6.66. The Morgan fingerprint density at radius 2 is 1.95 bits per heavy atom. The number of nitrogens with one attached hydrogen (secondary N) is 1. The molecule has 19 heavy (non-hydrogen) atoms. The number of benzene rings is 1. The average Bonchev–Trinajstić information content (AvgIpc) is 2.46. The molecule has 0 bridgehead atoms. The highest BCUT2D eigenvalue weighted by Crippen LogP contribution is 2.25. The fraction of sp³-hybridized carbons (Fsp3) is 0.571. The maximum Gasteiger partial charge on any atom is 0.161 e. The van der Waals surface area contributed by atoms with Crippen molar-refractivity contribution in [3.8, 4) is 11.5 Å². The maximum absolute atomic E-state index is 10.00. The van der Waals surface area contributed by atoms with Crippen LogP contribution in [0.4, 0.5) is 0 Å². The molecule has 5 heteroatoms. The molecule has 0 radical (unpaired) electrons. The Balaban J connectivity index is 1.77. The molecule has 0 unspecified atom stereocenters. The lowest BCUT2D eigenvalue weighted by molar-refractivity contribution is 0.0632. The van der Waals surface area contributed by atoms with Gasteiger partial charge in [-0.15, -0.1) is 0 Å². The number of hydrogen-bond acceptors (Lipinski definition) is 5. The fourth-order valence-electron chi connectivity index (χ4n) is 2.17. The molecule has 2 N–H and O–H groups in total. The summed E-state index contributed by atoms with van der Waals surface area (Å²) >= 11 is 0. The highest BCUT2D eigenvalue weighted by Gasteiger charge is 2.15. The van der Waals surface area contributed by atoms with E-state index in [2.05, 4.69) is 10.2 Å². The van der Waals surface area contributed by atoms with E-state index in [0.717, 1.165) is 26.2 Å². The van der Waals surface area contributed by atoms with Gasteiger partial charge in [0.2, 0.25) is 0 Å². The number of piperazine rings is 1. The van der Waals surface area contributed by atoms with Gasteiger partial charge in [-0.1, -0.05) is 12.1 Å². The van der Waals surface area contributed by atoms with E-state index in [-0.39, 0.29) is 6.61 Å². The summed E-state index contributed by atoms with van der Waals surface area (Å²) in [6, 6.07) is 7.47.